The van der Waals surface area contributed by atoms with Crippen molar-refractivity contribution in [2.75, 3.05) is 0 Å². The number of nitrogens with zero attached hydrogens (tertiary/aromatic N) is 2. The normalized spacial score (nSPS) is 9.33. The van der Waals surface area contributed by atoms with E-state index < -0.39 is 5.97 Å². The van der Waals surface area contributed by atoms with Crippen LogP contribution in [0.15, 0.2) is 12.3 Å². The molecule has 0 atom stereocenters. The van der Waals surface area contributed by atoms with Gasteiger partial charge < -0.3 is 9.67 Å². The van der Waals surface area contributed by atoms with E-state index in [1.165, 1.54) is 10.6 Å². The fourth-order valence-electron chi connectivity index (χ4n) is 1.06. The molecule has 0 unspecified atom stereocenters. The van der Waals surface area contributed by atoms with E-state index in [-0.39, 0.29) is 11.3 Å². The van der Waals surface area contributed by atoms with E-state index in [4.69, 9.17) is 10.4 Å². The Morgan fingerprint density at radius 2 is 2.50 bits per heavy atom. The third-order valence-corrected chi connectivity index (χ3v) is 1.63. The zero-order chi connectivity index (χ0) is 9.14. The summed E-state index contributed by atoms with van der Waals surface area (Å²) in [6.45, 7) is 2.39. The minimum Gasteiger partial charge on any atom is -0.477 e. The van der Waals surface area contributed by atoms with E-state index in [1.807, 2.05) is 13.0 Å². The lowest BCUT2D eigenvalue weighted by molar-refractivity contribution is 0.0685. The van der Waals surface area contributed by atoms with Crippen LogP contribution in [0.1, 0.15) is 23.0 Å². The summed E-state index contributed by atoms with van der Waals surface area (Å²) in [5, 5.41) is 17.3. The number of aromatic carboxylic acids is 1. The Morgan fingerprint density at radius 3 is 2.92 bits per heavy atom. The van der Waals surface area contributed by atoms with Crippen LogP contribution >= 0.6 is 0 Å². The van der Waals surface area contributed by atoms with Gasteiger partial charge in [-0.3, -0.25) is 0 Å². The van der Waals surface area contributed by atoms with Gasteiger partial charge in [0.25, 0.3) is 0 Å². The first kappa shape index (κ1) is 8.34. The number of aryl methyl sites for hydroxylation is 1. The molecule has 4 nitrogen and oxygen atoms in total. The highest BCUT2D eigenvalue weighted by Gasteiger charge is 2.14. The minimum atomic E-state index is -1.06. The van der Waals surface area contributed by atoms with E-state index >= 15 is 0 Å². The van der Waals surface area contributed by atoms with Crippen molar-refractivity contribution in [2.24, 2.45) is 0 Å². The van der Waals surface area contributed by atoms with Crippen LogP contribution in [0, 0.1) is 11.3 Å². The lowest BCUT2D eigenvalue weighted by atomic mass is 10.2. The molecule has 0 bridgehead atoms. The van der Waals surface area contributed by atoms with Gasteiger partial charge in [-0.25, -0.2) is 4.79 Å². The predicted molar refractivity (Wildman–Crippen MR) is 41.8 cm³/mol. The van der Waals surface area contributed by atoms with Gasteiger partial charge in [0.15, 0.2) is 0 Å². The zero-order valence-electron chi connectivity index (χ0n) is 6.61. The number of carbonyl (C=O) groups is 1. The first-order valence-electron chi connectivity index (χ1n) is 3.53. The van der Waals surface area contributed by atoms with Gasteiger partial charge in [0, 0.05) is 12.7 Å². The highest BCUT2D eigenvalue weighted by atomic mass is 16.4. The third kappa shape index (κ3) is 1.17. The average Bonchev–Trinajstić information content (AvgIpc) is 2.46. The minimum absolute atomic E-state index is 0.0694. The Balaban J connectivity index is 3.28. The first-order valence-corrected chi connectivity index (χ1v) is 3.53. The van der Waals surface area contributed by atoms with Crippen LogP contribution in [0.4, 0.5) is 0 Å². The van der Waals surface area contributed by atoms with Crippen molar-refractivity contribution < 1.29 is 9.90 Å². The Hall–Kier alpha value is -1.76. The Labute approximate surface area is 69.7 Å². The molecule has 0 saturated heterocycles. The molecule has 0 amide bonds. The maximum Gasteiger partial charge on any atom is 0.353 e. The number of carboxylic acid groups (broad SMARTS) is 1. The van der Waals surface area contributed by atoms with Crippen LogP contribution in [0.5, 0.6) is 0 Å². The van der Waals surface area contributed by atoms with Gasteiger partial charge in [0.2, 0.25) is 0 Å². The molecule has 62 valence electrons. The standard InChI is InChI=1S/C8H8N2O2/c1-2-10-4-3-6(5-9)7(10)8(11)12/h3-4H,2H2,1H3,(H,11,12). The number of rotatable bonds is 2. The van der Waals surface area contributed by atoms with E-state index in [9.17, 15) is 4.79 Å². The summed E-state index contributed by atoms with van der Waals surface area (Å²) in [5.74, 6) is -1.06. The maximum atomic E-state index is 10.6. The quantitative estimate of drug-likeness (QED) is 0.711. The largest absolute Gasteiger partial charge is 0.477 e. The van der Waals surface area contributed by atoms with Crippen molar-refractivity contribution in [3.8, 4) is 6.07 Å². The summed E-state index contributed by atoms with van der Waals surface area (Å²) < 4.78 is 1.53. The molecule has 0 aliphatic rings. The van der Waals surface area contributed by atoms with Gasteiger partial charge in [-0.1, -0.05) is 0 Å². The Morgan fingerprint density at radius 1 is 1.83 bits per heavy atom. The van der Waals surface area contributed by atoms with Crippen LogP contribution in [0.2, 0.25) is 0 Å². The molecular weight excluding hydrogens is 156 g/mol. The highest BCUT2D eigenvalue weighted by Crippen LogP contribution is 2.09. The molecule has 1 aromatic rings. The number of carboxylic acids is 1. The molecule has 0 aromatic carbocycles. The first-order chi connectivity index (χ1) is 5.70. The molecule has 0 aliphatic carbocycles. The summed E-state index contributed by atoms with van der Waals surface area (Å²) in [6, 6.07) is 3.34. The molecule has 0 aliphatic heterocycles. The predicted octanol–water partition coefficient (Wildman–Crippen LogP) is 1.08. The van der Waals surface area contributed by atoms with E-state index in [2.05, 4.69) is 0 Å². The second-order valence-electron chi connectivity index (χ2n) is 2.28. The zero-order valence-corrected chi connectivity index (χ0v) is 6.61. The van der Waals surface area contributed by atoms with Crippen molar-refractivity contribution in [1.82, 2.24) is 4.57 Å². The molecular formula is C8H8N2O2. The van der Waals surface area contributed by atoms with Crippen molar-refractivity contribution in [3.05, 3.63) is 23.5 Å². The second kappa shape index (κ2) is 3.09. The maximum absolute atomic E-state index is 10.6. The molecule has 4 heteroatoms. The van der Waals surface area contributed by atoms with Crippen molar-refractivity contribution >= 4 is 5.97 Å². The van der Waals surface area contributed by atoms with Crippen LogP contribution in [-0.2, 0) is 6.54 Å². The molecule has 12 heavy (non-hydrogen) atoms. The topological polar surface area (TPSA) is 66.0 Å². The summed E-state index contributed by atoms with van der Waals surface area (Å²) in [4.78, 5) is 10.6. The lowest BCUT2D eigenvalue weighted by Gasteiger charge is -2.00. The lowest BCUT2D eigenvalue weighted by Crippen LogP contribution is -2.07. The molecule has 0 radical (unpaired) electrons. The molecule has 1 aromatic heterocycles. The van der Waals surface area contributed by atoms with E-state index in [1.54, 1.807) is 6.20 Å². The number of hydrogen-bond donors (Lipinski definition) is 1. The Bertz CT molecular complexity index is 346. The SMILES string of the molecule is CCn1ccc(C#N)c1C(=O)O. The fourth-order valence-corrected chi connectivity index (χ4v) is 1.06. The molecule has 1 heterocycles. The average molecular weight is 164 g/mol. The number of nitriles is 1. The number of aromatic nitrogens is 1. The van der Waals surface area contributed by atoms with E-state index in [0.717, 1.165) is 0 Å². The van der Waals surface area contributed by atoms with Crippen molar-refractivity contribution in [1.29, 1.82) is 5.26 Å². The summed E-state index contributed by atoms with van der Waals surface area (Å²) >= 11 is 0. The molecule has 1 rings (SSSR count). The molecule has 1 N–H and O–H groups in total. The Kier molecular flexibility index (Phi) is 2.15. The number of hydrogen-bond acceptors (Lipinski definition) is 2. The summed E-state index contributed by atoms with van der Waals surface area (Å²) in [6.07, 6.45) is 1.60. The van der Waals surface area contributed by atoms with Crippen LogP contribution in [-0.4, -0.2) is 15.6 Å². The fraction of sp³-hybridized carbons (Fsp3) is 0.250. The smallest absolute Gasteiger partial charge is 0.353 e. The van der Waals surface area contributed by atoms with Crippen LogP contribution < -0.4 is 0 Å². The monoisotopic (exact) mass is 164 g/mol. The van der Waals surface area contributed by atoms with E-state index in [0.29, 0.717) is 6.54 Å². The van der Waals surface area contributed by atoms with Gasteiger partial charge in [-0.05, 0) is 13.0 Å². The van der Waals surface area contributed by atoms with Crippen molar-refractivity contribution in [2.45, 2.75) is 13.5 Å². The third-order valence-electron chi connectivity index (χ3n) is 1.63. The van der Waals surface area contributed by atoms with Gasteiger partial charge >= 0.3 is 5.97 Å². The van der Waals surface area contributed by atoms with Gasteiger partial charge in [0.05, 0.1) is 5.56 Å². The summed E-state index contributed by atoms with van der Waals surface area (Å²) in [5.41, 5.74) is 0.282. The molecule has 0 saturated carbocycles. The highest BCUT2D eigenvalue weighted by molar-refractivity contribution is 5.88. The van der Waals surface area contributed by atoms with Gasteiger partial charge in [0.1, 0.15) is 11.8 Å². The van der Waals surface area contributed by atoms with Crippen molar-refractivity contribution in [3.63, 3.8) is 0 Å². The van der Waals surface area contributed by atoms with Gasteiger partial charge in [-0.2, -0.15) is 5.26 Å². The van der Waals surface area contributed by atoms with Crippen LogP contribution in [0.25, 0.3) is 0 Å². The molecule has 0 spiro atoms. The van der Waals surface area contributed by atoms with Gasteiger partial charge in [-0.15, -0.1) is 0 Å². The van der Waals surface area contributed by atoms with Crippen LogP contribution in [0.3, 0.4) is 0 Å². The summed E-state index contributed by atoms with van der Waals surface area (Å²) in [7, 11) is 0. The second-order valence-corrected chi connectivity index (χ2v) is 2.28. The molecule has 0 fully saturated rings.